The van der Waals surface area contributed by atoms with E-state index in [2.05, 4.69) is 39.5 Å². The van der Waals surface area contributed by atoms with Crippen molar-refractivity contribution in [3.8, 4) is 0 Å². The summed E-state index contributed by atoms with van der Waals surface area (Å²) in [7, 11) is 0. The molecule has 0 amide bonds. The van der Waals surface area contributed by atoms with Crippen molar-refractivity contribution in [2.24, 2.45) is 0 Å². The van der Waals surface area contributed by atoms with E-state index in [9.17, 15) is 0 Å². The molecule has 4 rings (SSSR count). The molecule has 3 heterocycles. The number of anilines is 2. The third-order valence-corrected chi connectivity index (χ3v) is 4.37. The highest BCUT2D eigenvalue weighted by Crippen LogP contribution is 2.25. The molecule has 0 fully saturated rings. The number of fused-ring (bicyclic) bond motifs is 2. The minimum Gasteiger partial charge on any atom is -0.383 e. The SMILES string of the molecule is Nc1nc(N2CCc3ccccc3C2)nc2c1CCNC2. The Kier molecular flexibility index (Phi) is 3.00. The Bertz CT molecular complexity index is 682. The highest BCUT2D eigenvalue weighted by molar-refractivity contribution is 5.50. The molecule has 2 aliphatic rings. The molecule has 0 saturated heterocycles. The van der Waals surface area contributed by atoms with Crippen molar-refractivity contribution in [1.29, 1.82) is 0 Å². The molecular formula is C16H19N5. The van der Waals surface area contributed by atoms with Gasteiger partial charge >= 0.3 is 0 Å². The molecule has 0 aliphatic carbocycles. The van der Waals surface area contributed by atoms with Crippen LogP contribution in [0.25, 0.3) is 0 Å². The zero-order valence-corrected chi connectivity index (χ0v) is 12.0. The molecule has 0 saturated carbocycles. The topological polar surface area (TPSA) is 67.1 Å². The first-order chi connectivity index (χ1) is 10.3. The highest BCUT2D eigenvalue weighted by Gasteiger charge is 2.21. The van der Waals surface area contributed by atoms with Crippen molar-refractivity contribution in [3.05, 3.63) is 46.6 Å². The van der Waals surface area contributed by atoms with Crippen LogP contribution in [0.4, 0.5) is 11.8 Å². The molecule has 0 bridgehead atoms. The summed E-state index contributed by atoms with van der Waals surface area (Å²) in [5.74, 6) is 1.42. The second-order valence-electron chi connectivity index (χ2n) is 5.70. The van der Waals surface area contributed by atoms with Crippen LogP contribution in [0.1, 0.15) is 22.4 Å². The van der Waals surface area contributed by atoms with Crippen LogP contribution in [0, 0.1) is 0 Å². The van der Waals surface area contributed by atoms with Gasteiger partial charge in [0, 0.05) is 25.2 Å². The van der Waals surface area contributed by atoms with Crippen LogP contribution < -0.4 is 16.0 Å². The van der Waals surface area contributed by atoms with E-state index >= 15 is 0 Å². The first kappa shape index (κ1) is 12.6. The van der Waals surface area contributed by atoms with Gasteiger partial charge in [-0.3, -0.25) is 0 Å². The number of aromatic nitrogens is 2. The maximum atomic E-state index is 6.14. The molecule has 0 spiro atoms. The second kappa shape index (κ2) is 5.00. The fraction of sp³-hybridized carbons (Fsp3) is 0.375. The summed E-state index contributed by atoms with van der Waals surface area (Å²) < 4.78 is 0. The van der Waals surface area contributed by atoms with Crippen LogP contribution >= 0.6 is 0 Å². The number of nitrogen functional groups attached to an aromatic ring is 1. The third-order valence-electron chi connectivity index (χ3n) is 4.37. The number of hydrogen-bond donors (Lipinski definition) is 2. The van der Waals surface area contributed by atoms with Crippen LogP contribution in [-0.4, -0.2) is 23.1 Å². The molecule has 0 radical (unpaired) electrons. The van der Waals surface area contributed by atoms with Gasteiger partial charge in [0.05, 0.1) is 5.69 Å². The Morgan fingerprint density at radius 1 is 1.10 bits per heavy atom. The van der Waals surface area contributed by atoms with Gasteiger partial charge in [0.25, 0.3) is 0 Å². The number of rotatable bonds is 1. The fourth-order valence-corrected chi connectivity index (χ4v) is 3.18. The monoisotopic (exact) mass is 281 g/mol. The molecule has 1 aromatic heterocycles. The molecule has 2 aromatic rings. The van der Waals surface area contributed by atoms with Crippen LogP contribution in [0.3, 0.4) is 0 Å². The number of nitrogens with two attached hydrogens (primary N) is 1. The molecule has 1 aromatic carbocycles. The van der Waals surface area contributed by atoms with Crippen molar-refractivity contribution in [1.82, 2.24) is 15.3 Å². The zero-order chi connectivity index (χ0) is 14.2. The molecule has 5 nitrogen and oxygen atoms in total. The fourth-order valence-electron chi connectivity index (χ4n) is 3.18. The summed E-state index contributed by atoms with van der Waals surface area (Å²) in [6.07, 6.45) is 1.96. The molecule has 108 valence electrons. The predicted molar refractivity (Wildman–Crippen MR) is 83.1 cm³/mol. The lowest BCUT2D eigenvalue weighted by molar-refractivity contribution is 0.618. The van der Waals surface area contributed by atoms with Crippen molar-refractivity contribution >= 4 is 11.8 Å². The Balaban J connectivity index is 1.67. The van der Waals surface area contributed by atoms with Gasteiger partial charge in [-0.05, 0) is 30.5 Å². The van der Waals surface area contributed by atoms with E-state index in [0.29, 0.717) is 5.82 Å². The maximum absolute atomic E-state index is 6.14. The van der Waals surface area contributed by atoms with Gasteiger partial charge in [0.15, 0.2) is 0 Å². The van der Waals surface area contributed by atoms with Gasteiger partial charge in [0.1, 0.15) is 5.82 Å². The quantitative estimate of drug-likeness (QED) is 0.824. The number of hydrogen-bond acceptors (Lipinski definition) is 5. The van der Waals surface area contributed by atoms with E-state index in [4.69, 9.17) is 10.7 Å². The number of benzene rings is 1. The van der Waals surface area contributed by atoms with E-state index in [1.54, 1.807) is 0 Å². The molecule has 21 heavy (non-hydrogen) atoms. The van der Waals surface area contributed by atoms with E-state index in [1.165, 1.54) is 11.1 Å². The first-order valence-electron chi connectivity index (χ1n) is 7.49. The maximum Gasteiger partial charge on any atom is 0.227 e. The molecular weight excluding hydrogens is 262 g/mol. The van der Waals surface area contributed by atoms with E-state index < -0.39 is 0 Å². The predicted octanol–water partition coefficient (Wildman–Crippen LogP) is 1.27. The van der Waals surface area contributed by atoms with Crippen LogP contribution in [-0.2, 0) is 25.9 Å². The smallest absolute Gasteiger partial charge is 0.227 e. The third kappa shape index (κ3) is 2.23. The number of nitrogens with zero attached hydrogens (tertiary/aromatic N) is 3. The molecule has 0 atom stereocenters. The summed E-state index contributed by atoms with van der Waals surface area (Å²) in [6.45, 7) is 3.56. The van der Waals surface area contributed by atoms with Gasteiger partial charge in [-0.15, -0.1) is 0 Å². The number of nitrogens with one attached hydrogen (secondary N) is 1. The molecule has 2 aliphatic heterocycles. The van der Waals surface area contributed by atoms with Crippen molar-refractivity contribution in [2.45, 2.75) is 25.9 Å². The van der Waals surface area contributed by atoms with E-state index in [0.717, 1.165) is 56.2 Å². The van der Waals surface area contributed by atoms with E-state index in [-0.39, 0.29) is 0 Å². The van der Waals surface area contributed by atoms with Crippen molar-refractivity contribution < 1.29 is 0 Å². The zero-order valence-electron chi connectivity index (χ0n) is 12.0. The highest BCUT2D eigenvalue weighted by atomic mass is 15.3. The summed E-state index contributed by atoms with van der Waals surface area (Å²) in [4.78, 5) is 11.5. The van der Waals surface area contributed by atoms with Gasteiger partial charge < -0.3 is 16.0 Å². The van der Waals surface area contributed by atoms with Crippen molar-refractivity contribution in [2.75, 3.05) is 23.7 Å². The standard InChI is InChI=1S/C16H19N5/c17-15-13-5-7-18-9-14(13)19-16(20-15)21-8-6-11-3-1-2-4-12(11)10-21/h1-4,18H,5-10H2,(H2,17,19,20). The second-order valence-corrected chi connectivity index (χ2v) is 5.70. The van der Waals surface area contributed by atoms with Gasteiger partial charge in [-0.1, -0.05) is 24.3 Å². The Morgan fingerprint density at radius 3 is 2.86 bits per heavy atom. The van der Waals surface area contributed by atoms with Crippen LogP contribution in [0.2, 0.25) is 0 Å². The normalized spacial score (nSPS) is 17.2. The lowest BCUT2D eigenvalue weighted by atomic mass is 10.0. The summed E-state index contributed by atoms with van der Waals surface area (Å²) in [5, 5.41) is 3.35. The summed E-state index contributed by atoms with van der Waals surface area (Å²) in [5.41, 5.74) is 11.1. The van der Waals surface area contributed by atoms with Gasteiger partial charge in [-0.25, -0.2) is 4.98 Å². The molecule has 0 unspecified atom stereocenters. The summed E-state index contributed by atoms with van der Waals surface area (Å²) >= 11 is 0. The van der Waals surface area contributed by atoms with E-state index in [1.807, 2.05) is 0 Å². The Hall–Kier alpha value is -2.14. The lowest BCUT2D eigenvalue weighted by Gasteiger charge is -2.30. The van der Waals surface area contributed by atoms with Gasteiger partial charge in [-0.2, -0.15) is 4.98 Å². The summed E-state index contributed by atoms with van der Waals surface area (Å²) in [6, 6.07) is 8.59. The van der Waals surface area contributed by atoms with Crippen LogP contribution in [0.15, 0.2) is 24.3 Å². The van der Waals surface area contributed by atoms with Crippen molar-refractivity contribution in [3.63, 3.8) is 0 Å². The minimum atomic E-state index is 0.648. The largest absolute Gasteiger partial charge is 0.383 e. The van der Waals surface area contributed by atoms with Crippen LogP contribution in [0.5, 0.6) is 0 Å². The average molecular weight is 281 g/mol. The molecule has 3 N–H and O–H groups in total. The molecule has 5 heteroatoms. The Morgan fingerprint density at radius 2 is 1.95 bits per heavy atom. The average Bonchev–Trinajstić information content (AvgIpc) is 2.54. The minimum absolute atomic E-state index is 0.648. The first-order valence-corrected chi connectivity index (χ1v) is 7.49. The lowest BCUT2D eigenvalue weighted by Crippen LogP contribution is -2.33. The van der Waals surface area contributed by atoms with Gasteiger partial charge in [0.2, 0.25) is 5.95 Å². The Labute approximate surface area is 124 Å².